The van der Waals surface area contributed by atoms with Gasteiger partial charge in [-0.15, -0.1) is 0 Å². The molecule has 166 valence electrons. The quantitative estimate of drug-likeness (QED) is 0.435. The van der Waals surface area contributed by atoms with Crippen LogP contribution in [0.1, 0.15) is 49.3 Å². The first kappa shape index (κ1) is 23.5. The molecule has 1 amide bonds. The third-order valence-corrected chi connectivity index (χ3v) is 7.03. The average molecular weight is 461 g/mol. The number of aromatic nitrogens is 1. The Labute approximate surface area is 192 Å². The number of pyridine rings is 1. The van der Waals surface area contributed by atoms with Gasteiger partial charge in [0.25, 0.3) is 11.5 Å². The van der Waals surface area contributed by atoms with Crippen molar-refractivity contribution >= 4 is 46.1 Å². The van der Waals surface area contributed by atoms with E-state index in [1.54, 1.807) is 23.5 Å². The van der Waals surface area contributed by atoms with Crippen molar-refractivity contribution in [3.63, 3.8) is 0 Å². The number of nitriles is 1. The van der Waals surface area contributed by atoms with Gasteiger partial charge in [0, 0.05) is 32.3 Å². The number of carbonyl (C=O) groups excluding carboxylic acids is 1. The molecule has 3 rings (SSSR count). The van der Waals surface area contributed by atoms with Gasteiger partial charge in [-0.05, 0) is 37.8 Å². The van der Waals surface area contributed by atoms with Gasteiger partial charge in [-0.2, -0.15) is 5.26 Å². The van der Waals surface area contributed by atoms with Crippen LogP contribution < -0.4 is 10.5 Å². The maximum absolute atomic E-state index is 13.2. The summed E-state index contributed by atoms with van der Waals surface area (Å²) in [6, 6.07) is 2.09. The molecule has 3 heterocycles. The fraction of sp³-hybridized carbons (Fsp3) is 0.545. The van der Waals surface area contributed by atoms with Crippen molar-refractivity contribution in [3.8, 4) is 6.07 Å². The zero-order valence-electron chi connectivity index (χ0n) is 18.3. The van der Waals surface area contributed by atoms with Gasteiger partial charge in [-0.25, -0.2) is 0 Å². The van der Waals surface area contributed by atoms with Crippen molar-refractivity contribution in [3.05, 3.63) is 31.9 Å². The Morgan fingerprint density at radius 3 is 2.58 bits per heavy atom. The predicted molar refractivity (Wildman–Crippen MR) is 128 cm³/mol. The minimum Gasteiger partial charge on any atom is -0.383 e. The minimum atomic E-state index is -0.250. The van der Waals surface area contributed by atoms with Crippen LogP contribution in [0.2, 0.25) is 0 Å². The maximum atomic E-state index is 13.2. The lowest BCUT2D eigenvalue weighted by Gasteiger charge is -2.27. The van der Waals surface area contributed by atoms with Crippen molar-refractivity contribution in [1.82, 2.24) is 9.47 Å². The van der Waals surface area contributed by atoms with E-state index in [4.69, 9.17) is 17.0 Å². The normalized spacial score (nSPS) is 17.8. The number of nitrogens with zero attached hydrogens (tertiary/aromatic N) is 4. The molecular formula is C22H28N4O3S2. The third-order valence-electron chi connectivity index (χ3n) is 5.66. The Kier molecular flexibility index (Phi) is 7.92. The monoisotopic (exact) mass is 460 g/mol. The number of ether oxygens (including phenoxy) is 1. The van der Waals surface area contributed by atoms with Crippen molar-refractivity contribution in [1.29, 1.82) is 5.26 Å². The summed E-state index contributed by atoms with van der Waals surface area (Å²) in [6.07, 6.45) is 5.71. The van der Waals surface area contributed by atoms with E-state index >= 15 is 0 Å². The van der Waals surface area contributed by atoms with E-state index in [0.717, 1.165) is 50.2 Å². The van der Waals surface area contributed by atoms with Crippen molar-refractivity contribution in [2.45, 2.75) is 46.1 Å². The molecule has 0 bridgehead atoms. The zero-order valence-corrected chi connectivity index (χ0v) is 19.9. The Balaban J connectivity index is 2.18. The molecule has 0 radical (unpaired) electrons. The molecule has 2 aliphatic heterocycles. The zero-order chi connectivity index (χ0) is 22.5. The largest absolute Gasteiger partial charge is 0.383 e. The lowest BCUT2D eigenvalue weighted by Crippen LogP contribution is -2.33. The molecule has 0 spiro atoms. The molecule has 0 unspecified atom stereocenters. The van der Waals surface area contributed by atoms with Crippen LogP contribution in [0.3, 0.4) is 0 Å². The van der Waals surface area contributed by atoms with E-state index in [-0.39, 0.29) is 17.0 Å². The standard InChI is InChI=1S/C22H28N4O3S2/c1-4-5-10-25-19(24-8-6-7-9-24)16(15(2)17(14-23)20(25)27)13-18-21(28)26(11-12-29-3)22(30)31-18/h13H,4-12H2,1-3H3/b18-13+. The topological polar surface area (TPSA) is 78.6 Å². The molecule has 9 heteroatoms. The summed E-state index contributed by atoms with van der Waals surface area (Å²) in [5.74, 6) is 0.651. The number of rotatable bonds is 8. The number of carbonyl (C=O) groups is 1. The van der Waals surface area contributed by atoms with E-state index in [1.807, 2.05) is 6.08 Å². The molecule has 0 aliphatic carbocycles. The lowest BCUT2D eigenvalue weighted by atomic mass is 10.0. The van der Waals surface area contributed by atoms with Gasteiger partial charge in [-0.3, -0.25) is 19.1 Å². The van der Waals surface area contributed by atoms with Crippen LogP contribution in [0.25, 0.3) is 6.08 Å². The van der Waals surface area contributed by atoms with Crippen LogP contribution in [-0.2, 0) is 16.1 Å². The highest BCUT2D eigenvalue weighted by atomic mass is 32.2. The highest BCUT2D eigenvalue weighted by Gasteiger charge is 2.33. The second-order valence-electron chi connectivity index (χ2n) is 7.68. The van der Waals surface area contributed by atoms with E-state index in [2.05, 4.69) is 17.9 Å². The predicted octanol–water partition coefficient (Wildman–Crippen LogP) is 3.28. The van der Waals surface area contributed by atoms with Gasteiger partial charge in [0.1, 0.15) is 21.8 Å². The first-order valence-corrected chi connectivity index (χ1v) is 11.8. The van der Waals surface area contributed by atoms with Crippen molar-refractivity contribution in [2.75, 3.05) is 38.3 Å². The molecule has 31 heavy (non-hydrogen) atoms. The average Bonchev–Trinajstić information content (AvgIpc) is 3.37. The van der Waals surface area contributed by atoms with Crippen molar-refractivity contribution < 1.29 is 9.53 Å². The van der Waals surface area contributed by atoms with Crippen LogP contribution in [0.4, 0.5) is 5.82 Å². The number of thioether (sulfide) groups is 1. The van der Waals surface area contributed by atoms with Gasteiger partial charge in [0.15, 0.2) is 0 Å². The van der Waals surface area contributed by atoms with Crippen LogP contribution in [0, 0.1) is 18.3 Å². The molecular weight excluding hydrogens is 432 g/mol. The molecule has 1 aromatic heterocycles. The highest BCUT2D eigenvalue weighted by Crippen LogP contribution is 2.36. The third kappa shape index (κ3) is 4.71. The van der Waals surface area contributed by atoms with Crippen LogP contribution in [0.5, 0.6) is 0 Å². The summed E-state index contributed by atoms with van der Waals surface area (Å²) < 4.78 is 7.32. The molecule has 0 N–H and O–H groups in total. The second-order valence-corrected chi connectivity index (χ2v) is 9.36. The number of amides is 1. The van der Waals surface area contributed by atoms with Crippen LogP contribution >= 0.6 is 24.0 Å². The summed E-state index contributed by atoms with van der Waals surface area (Å²) in [4.78, 5) is 30.4. The molecule has 2 saturated heterocycles. The Morgan fingerprint density at radius 1 is 1.26 bits per heavy atom. The summed E-state index contributed by atoms with van der Waals surface area (Å²) in [6.45, 7) is 6.92. The summed E-state index contributed by atoms with van der Waals surface area (Å²) in [5, 5.41) is 9.71. The molecule has 1 aromatic rings. The van der Waals surface area contributed by atoms with E-state index < -0.39 is 0 Å². The molecule has 2 aliphatic rings. The van der Waals surface area contributed by atoms with Gasteiger partial charge in [-0.1, -0.05) is 37.3 Å². The van der Waals surface area contributed by atoms with Gasteiger partial charge >= 0.3 is 0 Å². The minimum absolute atomic E-state index is 0.139. The smallest absolute Gasteiger partial charge is 0.270 e. The Morgan fingerprint density at radius 2 is 1.97 bits per heavy atom. The number of anilines is 1. The summed E-state index contributed by atoms with van der Waals surface area (Å²) >= 11 is 6.66. The fourth-order valence-electron chi connectivity index (χ4n) is 3.94. The lowest BCUT2D eigenvalue weighted by molar-refractivity contribution is -0.122. The Hall–Kier alpha value is -2.15. The van der Waals surface area contributed by atoms with Gasteiger partial charge in [0.05, 0.1) is 18.1 Å². The second kappa shape index (κ2) is 10.4. The summed E-state index contributed by atoms with van der Waals surface area (Å²) in [7, 11) is 1.59. The molecule has 0 saturated carbocycles. The van der Waals surface area contributed by atoms with Crippen LogP contribution in [0.15, 0.2) is 9.70 Å². The van der Waals surface area contributed by atoms with Crippen LogP contribution in [-0.4, -0.2) is 53.0 Å². The number of unbranched alkanes of at least 4 members (excludes halogenated alkanes) is 1. The molecule has 7 nitrogen and oxygen atoms in total. The van der Waals surface area contributed by atoms with E-state index in [9.17, 15) is 14.9 Å². The number of methoxy groups -OCH3 is 1. The first-order valence-electron chi connectivity index (χ1n) is 10.6. The summed E-state index contributed by atoms with van der Waals surface area (Å²) in [5.41, 5.74) is 1.27. The van der Waals surface area contributed by atoms with Crippen molar-refractivity contribution in [2.24, 2.45) is 0 Å². The molecule has 0 atom stereocenters. The molecule has 0 aromatic carbocycles. The molecule has 2 fully saturated rings. The SMILES string of the molecule is CCCCn1c(N2CCCC2)c(/C=C2/SC(=S)N(CCOC)C2=O)c(C)c(C#N)c1=O. The van der Waals surface area contributed by atoms with Gasteiger partial charge in [0.2, 0.25) is 0 Å². The van der Waals surface area contributed by atoms with E-state index in [1.165, 1.54) is 11.8 Å². The maximum Gasteiger partial charge on any atom is 0.270 e. The van der Waals surface area contributed by atoms with Gasteiger partial charge < -0.3 is 9.64 Å². The fourth-order valence-corrected chi connectivity index (χ4v) is 5.23. The number of thiocarbonyl (C=S) groups is 1. The number of hydrogen-bond acceptors (Lipinski definition) is 7. The number of hydrogen-bond donors (Lipinski definition) is 0. The first-order chi connectivity index (χ1) is 14.9. The highest BCUT2D eigenvalue weighted by molar-refractivity contribution is 8.26. The Bertz CT molecular complexity index is 1000. The van der Waals surface area contributed by atoms with E-state index in [0.29, 0.717) is 34.5 Å².